The molecular formula is C40H77NO8P+. The molecule has 9 nitrogen and oxygen atoms in total. The summed E-state index contributed by atoms with van der Waals surface area (Å²) >= 11 is 0. The average molecular weight is 731 g/mol. The molecule has 0 aromatic heterocycles. The molecule has 0 saturated carbocycles. The third kappa shape index (κ3) is 36.3. The van der Waals surface area contributed by atoms with E-state index in [1.807, 2.05) is 21.1 Å². The molecule has 0 aliphatic heterocycles. The number of carbonyl (C=O) groups is 2. The number of ether oxygens (including phenoxy) is 2. The second-order valence-electron chi connectivity index (χ2n) is 14.7. The van der Waals surface area contributed by atoms with Crippen molar-refractivity contribution < 1.29 is 42.1 Å². The van der Waals surface area contributed by atoms with Gasteiger partial charge in [0.25, 0.3) is 0 Å². The molecule has 0 spiro atoms. The minimum Gasteiger partial charge on any atom is -0.462 e. The molecule has 0 aromatic rings. The van der Waals surface area contributed by atoms with E-state index >= 15 is 0 Å². The Morgan fingerprint density at radius 1 is 0.600 bits per heavy atom. The van der Waals surface area contributed by atoms with Crippen molar-refractivity contribution >= 4 is 19.8 Å². The number of hydrogen-bond acceptors (Lipinski definition) is 7. The number of esters is 2. The van der Waals surface area contributed by atoms with Gasteiger partial charge in [0.05, 0.1) is 27.7 Å². The van der Waals surface area contributed by atoms with Gasteiger partial charge in [0.15, 0.2) is 6.10 Å². The van der Waals surface area contributed by atoms with Crippen molar-refractivity contribution in [2.75, 3.05) is 47.5 Å². The molecule has 0 aliphatic carbocycles. The maximum Gasteiger partial charge on any atom is 0.472 e. The molecule has 1 N–H and O–H groups in total. The summed E-state index contributed by atoms with van der Waals surface area (Å²) in [4.78, 5) is 35.2. The van der Waals surface area contributed by atoms with Crippen molar-refractivity contribution in [3.8, 4) is 0 Å². The van der Waals surface area contributed by atoms with Gasteiger partial charge in [-0.25, -0.2) is 4.57 Å². The monoisotopic (exact) mass is 731 g/mol. The third-order valence-electron chi connectivity index (χ3n) is 8.45. The summed E-state index contributed by atoms with van der Waals surface area (Å²) < 4.78 is 34.2. The summed E-state index contributed by atoms with van der Waals surface area (Å²) in [5.74, 6) is -0.815. The van der Waals surface area contributed by atoms with Crippen molar-refractivity contribution in [2.24, 2.45) is 0 Å². The largest absolute Gasteiger partial charge is 0.472 e. The standard InChI is InChI=1S/C40H76NO8P/c1-6-8-10-12-14-16-18-19-20-21-23-25-27-29-31-33-40(43)49-38(37-48-50(44,45)47-35-34-41(3,4)5)36-46-39(42)32-30-28-26-24-22-17-15-13-11-9-7-2/h13,15-16,18,38H,6-12,14,17,19-37H2,1-5H3/p+1/b15-13-,18-16-/t38-/m1/s1. The molecule has 0 bridgehead atoms. The van der Waals surface area contributed by atoms with Gasteiger partial charge in [-0.15, -0.1) is 0 Å². The molecule has 0 amide bonds. The summed E-state index contributed by atoms with van der Waals surface area (Å²) in [6.07, 6.45) is 33.6. The van der Waals surface area contributed by atoms with Crippen LogP contribution in [0.5, 0.6) is 0 Å². The molecule has 2 atom stereocenters. The predicted octanol–water partition coefficient (Wildman–Crippen LogP) is 10.8. The number of nitrogens with zero attached hydrogens (tertiary/aromatic N) is 1. The Hall–Kier alpha value is -1.51. The molecule has 0 radical (unpaired) electrons. The average Bonchev–Trinajstić information content (AvgIpc) is 3.06. The normalized spacial score (nSPS) is 14.0. The molecule has 50 heavy (non-hydrogen) atoms. The zero-order valence-electron chi connectivity index (χ0n) is 32.9. The molecule has 294 valence electrons. The molecule has 0 aromatic carbocycles. The SMILES string of the molecule is CCCC/C=C\CCCCCCCC(=O)OC[C@H](COP(=O)(O)OCC[N+](C)(C)C)OC(=O)CCCCCCCCC/C=C\CCCCCC. The van der Waals surface area contributed by atoms with Gasteiger partial charge in [0, 0.05) is 12.8 Å². The molecule has 0 saturated heterocycles. The van der Waals surface area contributed by atoms with E-state index < -0.39 is 26.5 Å². The first-order chi connectivity index (χ1) is 24.0. The Balaban J connectivity index is 4.42. The Labute approximate surface area is 307 Å². The second-order valence-corrected chi connectivity index (χ2v) is 16.1. The lowest BCUT2D eigenvalue weighted by Crippen LogP contribution is -2.37. The lowest BCUT2D eigenvalue weighted by atomic mass is 10.1. The van der Waals surface area contributed by atoms with E-state index in [1.54, 1.807) is 0 Å². The van der Waals surface area contributed by atoms with Crippen LogP contribution in [0.15, 0.2) is 24.3 Å². The van der Waals surface area contributed by atoms with Gasteiger partial charge >= 0.3 is 19.8 Å². The fourth-order valence-corrected chi connectivity index (χ4v) is 5.96. The van der Waals surface area contributed by atoms with Crippen molar-refractivity contribution in [1.29, 1.82) is 0 Å². The van der Waals surface area contributed by atoms with Crippen molar-refractivity contribution in [3.05, 3.63) is 24.3 Å². The van der Waals surface area contributed by atoms with Crippen LogP contribution in [0.3, 0.4) is 0 Å². The Morgan fingerprint density at radius 2 is 1.04 bits per heavy atom. The van der Waals surface area contributed by atoms with Crippen LogP contribution < -0.4 is 0 Å². The zero-order valence-corrected chi connectivity index (χ0v) is 33.8. The summed E-state index contributed by atoms with van der Waals surface area (Å²) in [5, 5.41) is 0. The highest BCUT2D eigenvalue weighted by Crippen LogP contribution is 2.43. The van der Waals surface area contributed by atoms with Crippen LogP contribution in [0.2, 0.25) is 0 Å². The van der Waals surface area contributed by atoms with Crippen molar-refractivity contribution in [2.45, 2.75) is 174 Å². The Bertz CT molecular complexity index is 918. The number of carbonyl (C=O) groups excluding carboxylic acids is 2. The van der Waals surface area contributed by atoms with E-state index in [1.165, 1.54) is 64.2 Å². The first-order valence-electron chi connectivity index (χ1n) is 20.1. The van der Waals surface area contributed by atoms with Gasteiger partial charge in [-0.1, -0.05) is 122 Å². The first-order valence-corrected chi connectivity index (χ1v) is 21.6. The van der Waals surface area contributed by atoms with Crippen molar-refractivity contribution in [3.63, 3.8) is 0 Å². The van der Waals surface area contributed by atoms with E-state index in [4.69, 9.17) is 18.5 Å². The summed E-state index contributed by atoms with van der Waals surface area (Å²) in [6.45, 7) is 4.35. The van der Waals surface area contributed by atoms with Gasteiger partial charge in [-0.05, 0) is 57.8 Å². The van der Waals surface area contributed by atoms with E-state index in [-0.39, 0.29) is 32.0 Å². The number of unbranched alkanes of at least 4 members (excludes halogenated alkanes) is 18. The number of likely N-dealkylation sites (N-methyl/N-ethyl adjacent to an activating group) is 1. The van der Waals surface area contributed by atoms with Crippen LogP contribution in [0, 0.1) is 0 Å². The van der Waals surface area contributed by atoms with Crippen LogP contribution in [0.1, 0.15) is 168 Å². The van der Waals surface area contributed by atoms with E-state index in [2.05, 4.69) is 38.2 Å². The molecule has 0 rings (SSSR count). The van der Waals surface area contributed by atoms with Gasteiger partial charge in [0.1, 0.15) is 19.8 Å². The zero-order chi connectivity index (χ0) is 37.2. The van der Waals surface area contributed by atoms with Gasteiger partial charge in [-0.3, -0.25) is 18.6 Å². The smallest absolute Gasteiger partial charge is 0.462 e. The van der Waals surface area contributed by atoms with E-state index in [9.17, 15) is 19.0 Å². The maximum atomic E-state index is 12.6. The molecular weight excluding hydrogens is 653 g/mol. The van der Waals surface area contributed by atoms with Crippen LogP contribution >= 0.6 is 7.82 Å². The lowest BCUT2D eigenvalue weighted by molar-refractivity contribution is -0.870. The van der Waals surface area contributed by atoms with Crippen molar-refractivity contribution in [1.82, 2.24) is 0 Å². The maximum absolute atomic E-state index is 12.6. The minimum absolute atomic E-state index is 0.0304. The topological polar surface area (TPSA) is 108 Å². The fourth-order valence-electron chi connectivity index (χ4n) is 5.22. The van der Waals surface area contributed by atoms with Crippen LogP contribution in [-0.2, 0) is 32.7 Å². The highest BCUT2D eigenvalue weighted by atomic mass is 31.2. The summed E-state index contributed by atoms with van der Waals surface area (Å²) in [7, 11) is 1.47. The number of phosphoric acid groups is 1. The summed E-state index contributed by atoms with van der Waals surface area (Å²) in [6, 6.07) is 0. The number of quaternary nitrogens is 1. The highest BCUT2D eigenvalue weighted by molar-refractivity contribution is 7.47. The highest BCUT2D eigenvalue weighted by Gasteiger charge is 2.27. The van der Waals surface area contributed by atoms with E-state index in [0.717, 1.165) is 70.6 Å². The minimum atomic E-state index is -4.37. The second kappa shape index (κ2) is 33.3. The molecule has 0 heterocycles. The number of rotatable bonds is 36. The quantitative estimate of drug-likeness (QED) is 0.0223. The third-order valence-corrected chi connectivity index (χ3v) is 9.44. The Morgan fingerprint density at radius 3 is 1.54 bits per heavy atom. The molecule has 10 heteroatoms. The molecule has 1 unspecified atom stereocenters. The van der Waals surface area contributed by atoms with Crippen LogP contribution in [0.4, 0.5) is 0 Å². The van der Waals surface area contributed by atoms with Gasteiger partial charge < -0.3 is 18.9 Å². The number of hydrogen-bond donors (Lipinski definition) is 1. The lowest BCUT2D eigenvalue weighted by Gasteiger charge is -2.24. The predicted molar refractivity (Wildman–Crippen MR) is 206 cm³/mol. The fraction of sp³-hybridized carbons (Fsp3) is 0.850. The Kier molecular flexibility index (Phi) is 32.3. The van der Waals surface area contributed by atoms with Gasteiger partial charge in [0.2, 0.25) is 0 Å². The molecule has 0 fully saturated rings. The van der Waals surface area contributed by atoms with Crippen LogP contribution in [-0.4, -0.2) is 74.9 Å². The summed E-state index contributed by atoms with van der Waals surface area (Å²) in [5.41, 5.74) is 0. The van der Waals surface area contributed by atoms with Gasteiger partial charge in [-0.2, -0.15) is 0 Å². The molecule has 0 aliphatic rings. The first kappa shape index (κ1) is 48.5. The number of allylic oxidation sites excluding steroid dienone is 4. The number of phosphoric ester groups is 1. The van der Waals surface area contributed by atoms with Crippen LogP contribution in [0.25, 0.3) is 0 Å². The van der Waals surface area contributed by atoms with E-state index in [0.29, 0.717) is 17.4 Å².